The van der Waals surface area contributed by atoms with Crippen LogP contribution in [0.4, 0.5) is 0 Å². The van der Waals surface area contributed by atoms with Crippen molar-refractivity contribution >= 4 is 0 Å². The van der Waals surface area contributed by atoms with Crippen LogP contribution < -0.4 is 5.32 Å². The van der Waals surface area contributed by atoms with Crippen molar-refractivity contribution in [3.05, 3.63) is 35.9 Å². The van der Waals surface area contributed by atoms with E-state index < -0.39 is 0 Å². The standard InChI is InChI=1S/C17H26N2/c1-14-6-5-9-16(12-14)19-11-10-18-17(13-19)15-7-3-2-4-8-15/h2-4,7-8,14,16-18H,5-6,9-13H2,1H3. The molecular weight excluding hydrogens is 232 g/mol. The van der Waals surface area contributed by atoms with Crippen LogP contribution in [0.2, 0.25) is 0 Å². The van der Waals surface area contributed by atoms with E-state index in [1.54, 1.807) is 0 Å². The molecule has 1 heterocycles. The van der Waals surface area contributed by atoms with E-state index in [9.17, 15) is 0 Å². The summed E-state index contributed by atoms with van der Waals surface area (Å²) in [5.41, 5.74) is 1.44. The van der Waals surface area contributed by atoms with Crippen molar-refractivity contribution in [3.8, 4) is 0 Å². The minimum absolute atomic E-state index is 0.521. The molecule has 3 atom stereocenters. The summed E-state index contributed by atoms with van der Waals surface area (Å²) in [5, 5.41) is 3.67. The fourth-order valence-corrected chi connectivity index (χ4v) is 3.75. The van der Waals surface area contributed by atoms with Crippen molar-refractivity contribution in [1.82, 2.24) is 10.2 Å². The van der Waals surface area contributed by atoms with Crippen molar-refractivity contribution in [2.75, 3.05) is 19.6 Å². The highest BCUT2D eigenvalue weighted by Crippen LogP contribution is 2.29. The van der Waals surface area contributed by atoms with Gasteiger partial charge in [-0.15, -0.1) is 0 Å². The number of nitrogens with zero attached hydrogens (tertiary/aromatic N) is 1. The molecule has 1 aliphatic heterocycles. The second-order valence-electron chi connectivity index (χ2n) is 6.34. The first-order valence-corrected chi connectivity index (χ1v) is 7.85. The number of nitrogens with one attached hydrogen (secondary N) is 1. The van der Waals surface area contributed by atoms with Crippen molar-refractivity contribution in [1.29, 1.82) is 0 Å². The van der Waals surface area contributed by atoms with Gasteiger partial charge in [0, 0.05) is 31.7 Å². The van der Waals surface area contributed by atoms with Crippen LogP contribution in [0, 0.1) is 5.92 Å². The largest absolute Gasteiger partial charge is 0.308 e. The lowest BCUT2D eigenvalue weighted by atomic mass is 9.85. The maximum absolute atomic E-state index is 3.67. The first-order valence-electron chi connectivity index (χ1n) is 7.85. The molecule has 1 saturated heterocycles. The minimum atomic E-state index is 0.521. The third-order valence-corrected chi connectivity index (χ3v) is 4.83. The maximum Gasteiger partial charge on any atom is 0.0449 e. The third kappa shape index (κ3) is 3.18. The van der Waals surface area contributed by atoms with Crippen molar-refractivity contribution in [3.63, 3.8) is 0 Å². The van der Waals surface area contributed by atoms with Crippen molar-refractivity contribution in [2.24, 2.45) is 5.92 Å². The van der Waals surface area contributed by atoms with Gasteiger partial charge in [0.15, 0.2) is 0 Å². The zero-order valence-electron chi connectivity index (χ0n) is 12.0. The lowest BCUT2D eigenvalue weighted by Gasteiger charge is -2.42. The Morgan fingerprint density at radius 1 is 1.16 bits per heavy atom. The van der Waals surface area contributed by atoms with E-state index in [1.165, 1.54) is 44.3 Å². The average molecular weight is 258 g/mol. The summed E-state index contributed by atoms with van der Waals surface area (Å²) >= 11 is 0. The normalized spacial score (nSPS) is 33.2. The fourth-order valence-electron chi connectivity index (χ4n) is 3.75. The average Bonchev–Trinajstić information content (AvgIpc) is 2.48. The monoisotopic (exact) mass is 258 g/mol. The molecule has 0 aromatic heterocycles. The third-order valence-electron chi connectivity index (χ3n) is 4.83. The fraction of sp³-hybridized carbons (Fsp3) is 0.647. The Kier molecular flexibility index (Phi) is 4.19. The zero-order chi connectivity index (χ0) is 13.1. The Balaban J connectivity index is 1.64. The summed E-state index contributed by atoms with van der Waals surface area (Å²) in [6, 6.07) is 12.3. The van der Waals surface area contributed by atoms with Crippen LogP contribution in [0.15, 0.2) is 30.3 Å². The predicted octanol–water partition coefficient (Wildman–Crippen LogP) is 3.21. The van der Waals surface area contributed by atoms with Gasteiger partial charge in [0.1, 0.15) is 0 Å². The summed E-state index contributed by atoms with van der Waals surface area (Å²) in [6.07, 6.45) is 5.67. The van der Waals surface area contributed by atoms with E-state index in [4.69, 9.17) is 0 Å². The molecule has 2 heteroatoms. The molecular formula is C17H26N2. The summed E-state index contributed by atoms with van der Waals surface area (Å²) in [6.45, 7) is 5.95. The van der Waals surface area contributed by atoms with E-state index in [0.29, 0.717) is 6.04 Å². The first-order chi connectivity index (χ1) is 9.33. The summed E-state index contributed by atoms with van der Waals surface area (Å²) in [4.78, 5) is 2.74. The zero-order valence-corrected chi connectivity index (χ0v) is 12.0. The molecule has 0 bridgehead atoms. The minimum Gasteiger partial charge on any atom is -0.308 e. The van der Waals surface area contributed by atoms with E-state index in [0.717, 1.165) is 18.5 Å². The van der Waals surface area contributed by atoms with Gasteiger partial charge in [-0.2, -0.15) is 0 Å². The van der Waals surface area contributed by atoms with Gasteiger partial charge in [0.2, 0.25) is 0 Å². The highest BCUT2D eigenvalue weighted by Gasteiger charge is 2.29. The lowest BCUT2D eigenvalue weighted by molar-refractivity contribution is 0.1000. The van der Waals surface area contributed by atoms with Crippen molar-refractivity contribution in [2.45, 2.75) is 44.7 Å². The number of hydrogen-bond acceptors (Lipinski definition) is 2. The molecule has 19 heavy (non-hydrogen) atoms. The lowest BCUT2D eigenvalue weighted by Crippen LogP contribution is -2.51. The summed E-state index contributed by atoms with van der Waals surface area (Å²) < 4.78 is 0. The van der Waals surface area contributed by atoms with E-state index >= 15 is 0 Å². The van der Waals surface area contributed by atoms with Gasteiger partial charge in [-0.1, -0.05) is 50.1 Å². The highest BCUT2D eigenvalue weighted by atomic mass is 15.2. The SMILES string of the molecule is CC1CCCC(N2CCNC(c3ccccc3)C2)C1. The molecule has 2 nitrogen and oxygen atoms in total. The smallest absolute Gasteiger partial charge is 0.0449 e. The molecule has 0 spiro atoms. The highest BCUT2D eigenvalue weighted by molar-refractivity contribution is 5.19. The molecule has 0 radical (unpaired) electrons. The Labute approximate surface area is 117 Å². The number of hydrogen-bond donors (Lipinski definition) is 1. The van der Waals surface area contributed by atoms with Crippen LogP contribution in [-0.4, -0.2) is 30.6 Å². The van der Waals surface area contributed by atoms with Crippen LogP contribution in [0.25, 0.3) is 0 Å². The Bertz CT molecular complexity index is 390. The number of piperazine rings is 1. The number of rotatable bonds is 2. The molecule has 3 unspecified atom stereocenters. The molecule has 3 rings (SSSR count). The van der Waals surface area contributed by atoms with Gasteiger partial charge < -0.3 is 5.32 Å². The van der Waals surface area contributed by atoms with Gasteiger partial charge in [0.25, 0.3) is 0 Å². The molecule has 0 amide bonds. The molecule has 1 aromatic carbocycles. The van der Waals surface area contributed by atoms with E-state index in [2.05, 4.69) is 47.5 Å². The number of benzene rings is 1. The van der Waals surface area contributed by atoms with Crippen LogP contribution in [0.3, 0.4) is 0 Å². The predicted molar refractivity (Wildman–Crippen MR) is 80.2 cm³/mol. The van der Waals surface area contributed by atoms with Crippen molar-refractivity contribution < 1.29 is 0 Å². The van der Waals surface area contributed by atoms with Gasteiger partial charge in [0.05, 0.1) is 0 Å². The maximum atomic E-state index is 3.67. The quantitative estimate of drug-likeness (QED) is 0.876. The molecule has 2 aliphatic rings. The van der Waals surface area contributed by atoms with Gasteiger partial charge in [-0.05, 0) is 24.3 Å². The summed E-state index contributed by atoms with van der Waals surface area (Å²) in [5.74, 6) is 0.920. The molecule has 1 aromatic rings. The van der Waals surface area contributed by atoms with E-state index in [1.807, 2.05) is 0 Å². The van der Waals surface area contributed by atoms with Gasteiger partial charge in [-0.25, -0.2) is 0 Å². The topological polar surface area (TPSA) is 15.3 Å². The van der Waals surface area contributed by atoms with Crippen LogP contribution in [0.5, 0.6) is 0 Å². The van der Waals surface area contributed by atoms with Crippen LogP contribution in [-0.2, 0) is 0 Å². The molecule has 1 N–H and O–H groups in total. The second kappa shape index (κ2) is 6.06. The van der Waals surface area contributed by atoms with E-state index in [-0.39, 0.29) is 0 Å². The molecule has 2 fully saturated rings. The Hall–Kier alpha value is -0.860. The molecule has 1 saturated carbocycles. The van der Waals surface area contributed by atoms with Gasteiger partial charge >= 0.3 is 0 Å². The van der Waals surface area contributed by atoms with Crippen LogP contribution in [0.1, 0.15) is 44.2 Å². The van der Waals surface area contributed by atoms with Crippen LogP contribution >= 0.6 is 0 Å². The second-order valence-corrected chi connectivity index (χ2v) is 6.34. The Morgan fingerprint density at radius 3 is 2.79 bits per heavy atom. The summed E-state index contributed by atoms with van der Waals surface area (Å²) in [7, 11) is 0. The Morgan fingerprint density at radius 2 is 2.00 bits per heavy atom. The molecule has 104 valence electrons. The first kappa shape index (κ1) is 13.1. The molecule has 1 aliphatic carbocycles. The van der Waals surface area contributed by atoms with Gasteiger partial charge in [-0.3, -0.25) is 4.90 Å².